The van der Waals surface area contributed by atoms with E-state index in [-0.39, 0.29) is 0 Å². The second kappa shape index (κ2) is 5.72. The molecule has 2 heteroatoms. The van der Waals surface area contributed by atoms with E-state index in [2.05, 4.69) is 31.0 Å². The molecule has 0 aromatic heterocycles. The molecule has 84 valence electrons. The molecule has 1 unspecified atom stereocenters. The predicted molar refractivity (Wildman–Crippen MR) is 62.7 cm³/mol. The Balaban J connectivity index is 2.30. The van der Waals surface area contributed by atoms with Crippen LogP contribution in [0.2, 0.25) is 0 Å². The van der Waals surface area contributed by atoms with Gasteiger partial charge in [0.15, 0.2) is 0 Å². The van der Waals surface area contributed by atoms with Crippen molar-refractivity contribution in [1.82, 2.24) is 10.2 Å². The Labute approximate surface area is 89.1 Å². The van der Waals surface area contributed by atoms with Crippen LogP contribution in [-0.4, -0.2) is 36.6 Å². The molecule has 0 spiro atoms. The van der Waals surface area contributed by atoms with Gasteiger partial charge in [-0.25, -0.2) is 0 Å². The van der Waals surface area contributed by atoms with Crippen LogP contribution < -0.4 is 5.32 Å². The van der Waals surface area contributed by atoms with E-state index in [0.717, 1.165) is 0 Å². The van der Waals surface area contributed by atoms with Gasteiger partial charge < -0.3 is 10.2 Å². The third-order valence-corrected chi connectivity index (χ3v) is 3.30. The molecule has 0 radical (unpaired) electrons. The molecule has 0 aromatic rings. The Hall–Kier alpha value is -0.0800. The van der Waals surface area contributed by atoms with E-state index in [9.17, 15) is 0 Å². The van der Waals surface area contributed by atoms with Crippen LogP contribution in [-0.2, 0) is 0 Å². The van der Waals surface area contributed by atoms with Crippen molar-refractivity contribution >= 4 is 0 Å². The van der Waals surface area contributed by atoms with Gasteiger partial charge in [0, 0.05) is 12.1 Å². The molecule has 1 aliphatic heterocycles. The van der Waals surface area contributed by atoms with E-state index in [0.29, 0.717) is 5.54 Å². The van der Waals surface area contributed by atoms with E-state index in [1.807, 2.05) is 0 Å². The quantitative estimate of drug-likeness (QED) is 0.704. The summed E-state index contributed by atoms with van der Waals surface area (Å²) in [5, 5.41) is 3.63. The molecule has 14 heavy (non-hydrogen) atoms. The first-order valence-electron chi connectivity index (χ1n) is 6.17. The second-order valence-corrected chi connectivity index (χ2v) is 4.81. The molecule has 0 bridgehead atoms. The average Bonchev–Trinajstić information content (AvgIpc) is 2.60. The molecule has 2 nitrogen and oxygen atoms in total. The number of likely N-dealkylation sites (N-methyl/N-ethyl adjacent to an activating group) is 1. The minimum Gasteiger partial charge on any atom is -0.310 e. The van der Waals surface area contributed by atoms with E-state index < -0.39 is 0 Å². The summed E-state index contributed by atoms with van der Waals surface area (Å²) < 4.78 is 0. The molecular weight excluding hydrogens is 172 g/mol. The number of nitrogens with one attached hydrogen (secondary N) is 1. The zero-order valence-electron chi connectivity index (χ0n) is 10.1. The summed E-state index contributed by atoms with van der Waals surface area (Å²) in [6, 6.07) is 0. The van der Waals surface area contributed by atoms with Gasteiger partial charge in [0.2, 0.25) is 0 Å². The topological polar surface area (TPSA) is 15.3 Å². The van der Waals surface area contributed by atoms with Crippen molar-refractivity contribution in [2.45, 2.75) is 52.0 Å². The Kier molecular flexibility index (Phi) is 4.90. The lowest BCUT2D eigenvalue weighted by Crippen LogP contribution is -2.47. The lowest BCUT2D eigenvalue weighted by molar-refractivity contribution is 0.209. The van der Waals surface area contributed by atoms with Crippen LogP contribution in [0.1, 0.15) is 46.5 Å². The number of unbranched alkanes of at least 4 members (excludes halogenated alkanes) is 1. The molecule has 1 saturated heterocycles. The number of hydrogen-bond acceptors (Lipinski definition) is 2. The zero-order chi connectivity index (χ0) is 10.4. The Morgan fingerprint density at radius 2 is 2.14 bits per heavy atom. The highest BCUT2D eigenvalue weighted by molar-refractivity contribution is 4.91. The van der Waals surface area contributed by atoms with Crippen LogP contribution in [0.3, 0.4) is 0 Å². The van der Waals surface area contributed by atoms with Gasteiger partial charge >= 0.3 is 0 Å². The number of nitrogens with zero attached hydrogens (tertiary/aromatic N) is 1. The molecular formula is C12H26N2. The van der Waals surface area contributed by atoms with Crippen molar-refractivity contribution in [3.8, 4) is 0 Å². The molecule has 0 aliphatic carbocycles. The van der Waals surface area contributed by atoms with E-state index in [4.69, 9.17) is 0 Å². The van der Waals surface area contributed by atoms with Gasteiger partial charge in [-0.2, -0.15) is 0 Å². The minimum atomic E-state index is 0.393. The summed E-state index contributed by atoms with van der Waals surface area (Å²) in [5.41, 5.74) is 0.393. The van der Waals surface area contributed by atoms with Gasteiger partial charge in [-0.15, -0.1) is 0 Å². The van der Waals surface area contributed by atoms with Gasteiger partial charge in [0.25, 0.3) is 0 Å². The highest BCUT2D eigenvalue weighted by Crippen LogP contribution is 2.19. The molecule has 1 heterocycles. The third-order valence-electron chi connectivity index (χ3n) is 3.30. The second-order valence-electron chi connectivity index (χ2n) is 4.81. The lowest BCUT2D eigenvalue weighted by Gasteiger charge is -2.32. The fourth-order valence-electron chi connectivity index (χ4n) is 2.32. The Morgan fingerprint density at radius 1 is 1.36 bits per heavy atom. The number of hydrogen-bond donors (Lipinski definition) is 1. The van der Waals surface area contributed by atoms with Crippen molar-refractivity contribution in [2.24, 2.45) is 0 Å². The maximum absolute atomic E-state index is 3.63. The SMILES string of the molecule is CCCCN(CC)CC1(C)CCCN1. The molecule has 0 aromatic carbocycles. The average molecular weight is 198 g/mol. The molecule has 1 fully saturated rings. The minimum absolute atomic E-state index is 0.393. The smallest absolute Gasteiger partial charge is 0.0280 e. The first-order valence-corrected chi connectivity index (χ1v) is 6.17. The summed E-state index contributed by atoms with van der Waals surface area (Å²) in [6.07, 6.45) is 5.34. The van der Waals surface area contributed by atoms with Crippen LogP contribution in [0.4, 0.5) is 0 Å². The van der Waals surface area contributed by atoms with E-state index in [1.165, 1.54) is 51.9 Å². The van der Waals surface area contributed by atoms with Crippen molar-refractivity contribution in [3.05, 3.63) is 0 Å². The van der Waals surface area contributed by atoms with Crippen LogP contribution in [0.25, 0.3) is 0 Å². The molecule has 1 N–H and O–H groups in total. The van der Waals surface area contributed by atoms with Gasteiger partial charge in [-0.3, -0.25) is 0 Å². The predicted octanol–water partition coefficient (Wildman–Crippen LogP) is 2.25. The molecule has 1 atom stereocenters. The maximum atomic E-state index is 3.63. The van der Waals surface area contributed by atoms with Gasteiger partial charge in [-0.05, 0) is 45.8 Å². The monoisotopic (exact) mass is 198 g/mol. The largest absolute Gasteiger partial charge is 0.310 e. The first-order chi connectivity index (χ1) is 6.70. The van der Waals surface area contributed by atoms with Gasteiger partial charge in [-0.1, -0.05) is 20.3 Å². The molecule has 1 aliphatic rings. The first kappa shape index (κ1) is 12.0. The third kappa shape index (κ3) is 3.58. The molecule has 1 rings (SSSR count). The highest BCUT2D eigenvalue weighted by Gasteiger charge is 2.29. The summed E-state index contributed by atoms with van der Waals surface area (Å²) in [5.74, 6) is 0. The van der Waals surface area contributed by atoms with Crippen molar-refractivity contribution < 1.29 is 0 Å². The van der Waals surface area contributed by atoms with Crippen molar-refractivity contribution in [3.63, 3.8) is 0 Å². The highest BCUT2D eigenvalue weighted by atomic mass is 15.2. The summed E-state index contributed by atoms with van der Waals surface area (Å²) >= 11 is 0. The fourth-order valence-corrected chi connectivity index (χ4v) is 2.32. The fraction of sp³-hybridized carbons (Fsp3) is 1.00. The van der Waals surface area contributed by atoms with Gasteiger partial charge in [0.05, 0.1) is 0 Å². The van der Waals surface area contributed by atoms with Gasteiger partial charge in [0.1, 0.15) is 0 Å². The van der Waals surface area contributed by atoms with Crippen LogP contribution >= 0.6 is 0 Å². The summed E-state index contributed by atoms with van der Waals surface area (Å²) in [4.78, 5) is 2.59. The Bertz CT molecular complexity index is 150. The van der Waals surface area contributed by atoms with Crippen LogP contribution in [0.5, 0.6) is 0 Å². The standard InChI is InChI=1S/C12H26N2/c1-4-6-10-14(5-2)11-12(3)8-7-9-13-12/h13H,4-11H2,1-3H3. The van der Waals surface area contributed by atoms with Crippen LogP contribution in [0, 0.1) is 0 Å². The van der Waals surface area contributed by atoms with E-state index >= 15 is 0 Å². The lowest BCUT2D eigenvalue weighted by atomic mass is 9.99. The normalized spacial score (nSPS) is 27.4. The molecule has 0 amide bonds. The maximum Gasteiger partial charge on any atom is 0.0280 e. The summed E-state index contributed by atoms with van der Waals surface area (Å²) in [7, 11) is 0. The molecule has 0 saturated carbocycles. The summed E-state index contributed by atoms with van der Waals surface area (Å²) in [6.45, 7) is 11.8. The van der Waals surface area contributed by atoms with E-state index in [1.54, 1.807) is 0 Å². The van der Waals surface area contributed by atoms with Crippen molar-refractivity contribution in [1.29, 1.82) is 0 Å². The van der Waals surface area contributed by atoms with Crippen molar-refractivity contribution in [2.75, 3.05) is 26.2 Å². The number of rotatable bonds is 6. The Morgan fingerprint density at radius 3 is 2.64 bits per heavy atom. The zero-order valence-corrected chi connectivity index (χ0v) is 10.1. The van der Waals surface area contributed by atoms with Crippen LogP contribution in [0.15, 0.2) is 0 Å².